The maximum atomic E-state index is 11.9. The summed E-state index contributed by atoms with van der Waals surface area (Å²) in [5.74, 6) is 0.191. The van der Waals surface area contributed by atoms with Crippen molar-refractivity contribution in [2.75, 3.05) is 26.2 Å². The smallest absolute Gasteiger partial charge is 0.251 e. The van der Waals surface area contributed by atoms with Crippen molar-refractivity contribution in [1.82, 2.24) is 10.2 Å². The molecule has 2 atom stereocenters. The molecule has 4 nitrogen and oxygen atoms in total. The number of piperazine rings is 1. The zero-order valence-corrected chi connectivity index (χ0v) is 8.66. The molecule has 0 bridgehead atoms. The molecule has 2 fully saturated rings. The summed E-state index contributed by atoms with van der Waals surface area (Å²) in [4.78, 5) is 13.8. The number of carbonyl (C=O) groups excluding carboxylic acids is 1. The molecule has 0 radical (unpaired) electrons. The molecule has 0 aromatic rings. The highest BCUT2D eigenvalue weighted by atomic mass is 16.5. The summed E-state index contributed by atoms with van der Waals surface area (Å²) < 4.78 is 5.39. The van der Waals surface area contributed by atoms with Gasteiger partial charge in [-0.1, -0.05) is 0 Å². The molecule has 1 N–H and O–H groups in total. The van der Waals surface area contributed by atoms with Crippen LogP contribution < -0.4 is 5.32 Å². The van der Waals surface area contributed by atoms with E-state index in [1.165, 1.54) is 0 Å². The Balaban J connectivity index is 1.89. The van der Waals surface area contributed by atoms with Crippen LogP contribution in [-0.4, -0.2) is 49.2 Å². The fourth-order valence-electron chi connectivity index (χ4n) is 2.11. The topological polar surface area (TPSA) is 41.6 Å². The van der Waals surface area contributed by atoms with Crippen LogP contribution in [0.5, 0.6) is 0 Å². The number of rotatable bonds is 1. The molecule has 80 valence electrons. The van der Waals surface area contributed by atoms with E-state index in [1.54, 1.807) is 0 Å². The fraction of sp³-hybridized carbons (Fsp3) is 0.900. The van der Waals surface area contributed by atoms with Crippen molar-refractivity contribution >= 4 is 5.91 Å². The number of ether oxygens (including phenoxy) is 1. The van der Waals surface area contributed by atoms with Gasteiger partial charge in [0, 0.05) is 32.3 Å². The monoisotopic (exact) mass is 198 g/mol. The fourth-order valence-corrected chi connectivity index (χ4v) is 2.11. The van der Waals surface area contributed by atoms with Crippen molar-refractivity contribution in [1.29, 1.82) is 0 Å². The second-order valence-corrected chi connectivity index (χ2v) is 4.14. The van der Waals surface area contributed by atoms with E-state index in [1.807, 2.05) is 4.90 Å². The van der Waals surface area contributed by atoms with E-state index in [2.05, 4.69) is 12.2 Å². The van der Waals surface area contributed by atoms with Crippen molar-refractivity contribution in [2.45, 2.75) is 31.9 Å². The molecular formula is C10H18N2O2. The predicted octanol–water partition coefficient (Wildman–Crippen LogP) is -0.0143. The minimum Gasteiger partial charge on any atom is -0.368 e. The van der Waals surface area contributed by atoms with Crippen LogP contribution in [0.25, 0.3) is 0 Å². The van der Waals surface area contributed by atoms with Gasteiger partial charge in [0.15, 0.2) is 0 Å². The quantitative estimate of drug-likeness (QED) is 0.644. The Morgan fingerprint density at radius 3 is 3.07 bits per heavy atom. The van der Waals surface area contributed by atoms with Crippen LogP contribution in [0.15, 0.2) is 0 Å². The van der Waals surface area contributed by atoms with Gasteiger partial charge in [-0.3, -0.25) is 4.79 Å². The SMILES string of the molecule is C[C@H]1CN(C(=O)[C@H]2CCCO2)CCN1. The molecule has 0 aliphatic carbocycles. The summed E-state index contributed by atoms with van der Waals surface area (Å²) in [6.07, 6.45) is 1.77. The molecule has 4 heteroatoms. The lowest BCUT2D eigenvalue weighted by atomic mass is 10.1. The molecule has 14 heavy (non-hydrogen) atoms. The van der Waals surface area contributed by atoms with E-state index >= 15 is 0 Å². The summed E-state index contributed by atoms with van der Waals surface area (Å²) in [7, 11) is 0. The number of nitrogens with one attached hydrogen (secondary N) is 1. The predicted molar refractivity (Wildman–Crippen MR) is 53.0 cm³/mol. The van der Waals surface area contributed by atoms with Gasteiger partial charge in [0.25, 0.3) is 5.91 Å². The average Bonchev–Trinajstić information content (AvgIpc) is 2.69. The molecule has 0 unspecified atom stereocenters. The van der Waals surface area contributed by atoms with Crippen LogP contribution in [0, 0.1) is 0 Å². The molecule has 0 aromatic carbocycles. The Kier molecular flexibility index (Phi) is 3.03. The first-order chi connectivity index (χ1) is 6.77. The Bertz CT molecular complexity index is 214. The number of amides is 1. The Morgan fingerprint density at radius 2 is 2.43 bits per heavy atom. The minimum absolute atomic E-state index is 0.153. The third-order valence-electron chi connectivity index (χ3n) is 2.89. The molecule has 1 amide bonds. The molecule has 2 heterocycles. The molecule has 2 aliphatic rings. The van der Waals surface area contributed by atoms with Gasteiger partial charge in [0.1, 0.15) is 6.10 Å². The third kappa shape index (κ3) is 2.07. The van der Waals surface area contributed by atoms with Crippen LogP contribution in [0.4, 0.5) is 0 Å². The molecule has 0 spiro atoms. The highest BCUT2D eigenvalue weighted by molar-refractivity contribution is 5.81. The first-order valence-corrected chi connectivity index (χ1v) is 5.41. The number of hydrogen-bond donors (Lipinski definition) is 1. The highest BCUT2D eigenvalue weighted by Gasteiger charge is 2.30. The van der Waals surface area contributed by atoms with Crippen molar-refractivity contribution in [3.05, 3.63) is 0 Å². The van der Waals surface area contributed by atoms with Gasteiger partial charge in [-0.05, 0) is 19.8 Å². The number of hydrogen-bond acceptors (Lipinski definition) is 3. The lowest BCUT2D eigenvalue weighted by molar-refractivity contribution is -0.142. The van der Waals surface area contributed by atoms with Gasteiger partial charge in [-0.15, -0.1) is 0 Å². The van der Waals surface area contributed by atoms with Gasteiger partial charge in [-0.25, -0.2) is 0 Å². The molecule has 0 saturated carbocycles. The molecular weight excluding hydrogens is 180 g/mol. The normalized spacial score (nSPS) is 33.4. The van der Waals surface area contributed by atoms with Gasteiger partial charge in [0.05, 0.1) is 0 Å². The van der Waals surface area contributed by atoms with Crippen LogP contribution in [0.1, 0.15) is 19.8 Å². The van der Waals surface area contributed by atoms with Crippen LogP contribution in [-0.2, 0) is 9.53 Å². The number of carbonyl (C=O) groups is 1. The second kappa shape index (κ2) is 4.28. The second-order valence-electron chi connectivity index (χ2n) is 4.14. The summed E-state index contributed by atoms with van der Waals surface area (Å²) >= 11 is 0. The standard InChI is InChI=1S/C10H18N2O2/c1-8-7-12(5-4-11-8)10(13)9-3-2-6-14-9/h8-9,11H,2-7H2,1H3/t8-,9+/m0/s1. The molecule has 2 rings (SSSR count). The van der Waals surface area contributed by atoms with Crippen LogP contribution in [0.2, 0.25) is 0 Å². The first kappa shape index (κ1) is 9.93. The van der Waals surface area contributed by atoms with Gasteiger partial charge < -0.3 is 15.0 Å². The van der Waals surface area contributed by atoms with Gasteiger partial charge in [-0.2, -0.15) is 0 Å². The third-order valence-corrected chi connectivity index (χ3v) is 2.89. The first-order valence-electron chi connectivity index (χ1n) is 5.41. The van der Waals surface area contributed by atoms with Gasteiger partial charge in [0.2, 0.25) is 0 Å². The number of nitrogens with zero attached hydrogens (tertiary/aromatic N) is 1. The minimum atomic E-state index is -0.153. The molecule has 2 saturated heterocycles. The van der Waals surface area contributed by atoms with E-state index in [9.17, 15) is 4.79 Å². The zero-order chi connectivity index (χ0) is 9.97. The highest BCUT2D eigenvalue weighted by Crippen LogP contribution is 2.15. The van der Waals surface area contributed by atoms with E-state index in [4.69, 9.17) is 4.74 Å². The summed E-state index contributed by atoms with van der Waals surface area (Å²) in [5, 5.41) is 3.32. The van der Waals surface area contributed by atoms with Crippen molar-refractivity contribution in [3.8, 4) is 0 Å². The Labute approximate surface area is 84.6 Å². The van der Waals surface area contributed by atoms with Crippen LogP contribution in [0.3, 0.4) is 0 Å². The average molecular weight is 198 g/mol. The van der Waals surface area contributed by atoms with E-state index in [0.717, 1.165) is 39.1 Å². The lowest BCUT2D eigenvalue weighted by Crippen LogP contribution is -2.53. The van der Waals surface area contributed by atoms with Crippen LogP contribution >= 0.6 is 0 Å². The summed E-state index contributed by atoms with van der Waals surface area (Å²) in [6, 6.07) is 0.411. The largest absolute Gasteiger partial charge is 0.368 e. The Hall–Kier alpha value is -0.610. The Morgan fingerprint density at radius 1 is 1.57 bits per heavy atom. The van der Waals surface area contributed by atoms with E-state index in [0.29, 0.717) is 6.04 Å². The van der Waals surface area contributed by atoms with Crippen molar-refractivity contribution in [2.24, 2.45) is 0 Å². The van der Waals surface area contributed by atoms with Crippen molar-refractivity contribution in [3.63, 3.8) is 0 Å². The zero-order valence-electron chi connectivity index (χ0n) is 8.66. The molecule has 2 aliphatic heterocycles. The van der Waals surface area contributed by atoms with E-state index in [-0.39, 0.29) is 12.0 Å². The van der Waals surface area contributed by atoms with Crippen molar-refractivity contribution < 1.29 is 9.53 Å². The van der Waals surface area contributed by atoms with Gasteiger partial charge >= 0.3 is 0 Å². The lowest BCUT2D eigenvalue weighted by Gasteiger charge is -2.33. The summed E-state index contributed by atoms with van der Waals surface area (Å²) in [6.45, 7) is 5.40. The maximum absolute atomic E-state index is 11.9. The summed E-state index contributed by atoms with van der Waals surface area (Å²) in [5.41, 5.74) is 0. The molecule has 0 aromatic heterocycles. The maximum Gasteiger partial charge on any atom is 0.251 e. The van der Waals surface area contributed by atoms with E-state index < -0.39 is 0 Å².